The SMILES string of the molecule is O=C(Cc1ccccc1F)Nc1cccc(Cl)c1Cl. The zero-order chi connectivity index (χ0) is 13.8. The second-order valence-corrected chi connectivity index (χ2v) is 4.70. The average molecular weight is 298 g/mol. The predicted molar refractivity (Wildman–Crippen MR) is 75.2 cm³/mol. The summed E-state index contributed by atoms with van der Waals surface area (Å²) in [6, 6.07) is 11.1. The van der Waals surface area contributed by atoms with Crippen LogP contribution in [0.5, 0.6) is 0 Å². The van der Waals surface area contributed by atoms with Gasteiger partial charge in [-0.15, -0.1) is 0 Å². The van der Waals surface area contributed by atoms with Gasteiger partial charge in [0.05, 0.1) is 22.2 Å². The summed E-state index contributed by atoms with van der Waals surface area (Å²) in [5, 5.41) is 3.23. The van der Waals surface area contributed by atoms with E-state index in [1.807, 2.05) is 0 Å². The van der Waals surface area contributed by atoms with Gasteiger partial charge in [0.15, 0.2) is 0 Å². The van der Waals surface area contributed by atoms with E-state index in [1.165, 1.54) is 6.07 Å². The number of amides is 1. The van der Waals surface area contributed by atoms with E-state index in [1.54, 1.807) is 36.4 Å². The van der Waals surface area contributed by atoms with Crippen LogP contribution in [0.25, 0.3) is 0 Å². The molecule has 0 saturated carbocycles. The van der Waals surface area contributed by atoms with Crippen molar-refractivity contribution in [3.63, 3.8) is 0 Å². The Kier molecular flexibility index (Phi) is 4.40. The van der Waals surface area contributed by atoms with E-state index >= 15 is 0 Å². The van der Waals surface area contributed by atoms with E-state index in [-0.39, 0.29) is 17.4 Å². The van der Waals surface area contributed by atoms with Crippen molar-refractivity contribution >= 4 is 34.8 Å². The minimum Gasteiger partial charge on any atom is -0.324 e. The maximum atomic E-state index is 13.4. The first-order valence-corrected chi connectivity index (χ1v) is 6.31. The fourth-order valence-corrected chi connectivity index (χ4v) is 1.96. The number of hydrogen-bond donors (Lipinski definition) is 1. The summed E-state index contributed by atoms with van der Waals surface area (Å²) in [4.78, 5) is 11.8. The number of nitrogens with one attached hydrogen (secondary N) is 1. The van der Waals surface area contributed by atoms with Crippen LogP contribution in [0.3, 0.4) is 0 Å². The third-order valence-electron chi connectivity index (χ3n) is 2.53. The highest BCUT2D eigenvalue weighted by Gasteiger charge is 2.10. The van der Waals surface area contributed by atoms with Gasteiger partial charge in [0.1, 0.15) is 5.82 Å². The van der Waals surface area contributed by atoms with Gasteiger partial charge in [0, 0.05) is 0 Å². The molecule has 98 valence electrons. The molecule has 0 atom stereocenters. The van der Waals surface area contributed by atoms with Crippen LogP contribution in [0.4, 0.5) is 10.1 Å². The van der Waals surface area contributed by atoms with Crippen LogP contribution in [0, 0.1) is 5.82 Å². The third-order valence-corrected chi connectivity index (χ3v) is 3.35. The highest BCUT2D eigenvalue weighted by atomic mass is 35.5. The Hall–Kier alpha value is -1.58. The molecule has 2 aromatic rings. The molecule has 2 rings (SSSR count). The first kappa shape index (κ1) is 13.8. The monoisotopic (exact) mass is 297 g/mol. The summed E-state index contributed by atoms with van der Waals surface area (Å²) in [5.74, 6) is -0.760. The van der Waals surface area contributed by atoms with Crippen LogP contribution >= 0.6 is 23.2 Å². The van der Waals surface area contributed by atoms with Crippen LogP contribution < -0.4 is 5.32 Å². The van der Waals surface area contributed by atoms with E-state index in [2.05, 4.69) is 5.32 Å². The van der Waals surface area contributed by atoms with E-state index in [0.29, 0.717) is 16.3 Å². The van der Waals surface area contributed by atoms with Crippen molar-refractivity contribution in [3.05, 3.63) is 63.9 Å². The van der Waals surface area contributed by atoms with E-state index in [9.17, 15) is 9.18 Å². The molecule has 0 saturated heterocycles. The smallest absolute Gasteiger partial charge is 0.228 e. The van der Waals surface area contributed by atoms with Gasteiger partial charge in [0.2, 0.25) is 5.91 Å². The lowest BCUT2D eigenvalue weighted by Gasteiger charge is -2.08. The zero-order valence-electron chi connectivity index (χ0n) is 9.79. The Morgan fingerprint density at radius 3 is 2.58 bits per heavy atom. The lowest BCUT2D eigenvalue weighted by molar-refractivity contribution is -0.115. The molecule has 0 aliphatic rings. The summed E-state index contributed by atoms with van der Waals surface area (Å²) in [6.07, 6.45) is -0.0600. The second-order valence-electron chi connectivity index (χ2n) is 3.92. The van der Waals surface area contributed by atoms with Gasteiger partial charge in [-0.1, -0.05) is 47.5 Å². The van der Waals surface area contributed by atoms with Gasteiger partial charge in [-0.3, -0.25) is 4.79 Å². The molecular formula is C14H10Cl2FNO. The summed E-state index contributed by atoms with van der Waals surface area (Å²) >= 11 is 11.8. The van der Waals surface area contributed by atoms with Gasteiger partial charge in [-0.05, 0) is 23.8 Å². The maximum absolute atomic E-state index is 13.4. The van der Waals surface area contributed by atoms with E-state index in [4.69, 9.17) is 23.2 Å². The van der Waals surface area contributed by atoms with Crippen molar-refractivity contribution < 1.29 is 9.18 Å². The summed E-state index contributed by atoms with van der Waals surface area (Å²) in [7, 11) is 0. The van der Waals surface area contributed by atoms with Gasteiger partial charge in [-0.2, -0.15) is 0 Å². The van der Waals surface area contributed by atoms with Gasteiger partial charge < -0.3 is 5.32 Å². The fraction of sp³-hybridized carbons (Fsp3) is 0.0714. The van der Waals surface area contributed by atoms with Crippen molar-refractivity contribution in [2.24, 2.45) is 0 Å². The van der Waals surface area contributed by atoms with Crippen LogP contribution in [-0.2, 0) is 11.2 Å². The summed E-state index contributed by atoms with van der Waals surface area (Å²) in [6.45, 7) is 0. The van der Waals surface area contributed by atoms with Gasteiger partial charge in [0.25, 0.3) is 0 Å². The standard InChI is InChI=1S/C14H10Cl2FNO/c15-10-5-3-7-12(14(10)16)18-13(19)8-9-4-1-2-6-11(9)17/h1-7H,8H2,(H,18,19). The molecule has 0 aliphatic carbocycles. The third kappa shape index (κ3) is 3.46. The minimum absolute atomic E-state index is 0.0600. The van der Waals surface area contributed by atoms with E-state index < -0.39 is 5.82 Å². The van der Waals surface area contributed by atoms with Crippen LogP contribution in [-0.4, -0.2) is 5.91 Å². The van der Waals surface area contributed by atoms with Crippen LogP contribution in [0.15, 0.2) is 42.5 Å². The molecule has 0 heterocycles. The number of rotatable bonds is 3. The highest BCUT2D eigenvalue weighted by Crippen LogP contribution is 2.29. The molecule has 5 heteroatoms. The lowest BCUT2D eigenvalue weighted by atomic mass is 10.1. The lowest BCUT2D eigenvalue weighted by Crippen LogP contribution is -2.15. The molecule has 1 amide bonds. The highest BCUT2D eigenvalue weighted by molar-refractivity contribution is 6.43. The molecule has 0 fully saturated rings. The first-order chi connectivity index (χ1) is 9.08. The molecule has 0 aliphatic heterocycles. The zero-order valence-corrected chi connectivity index (χ0v) is 11.3. The largest absolute Gasteiger partial charge is 0.324 e. The topological polar surface area (TPSA) is 29.1 Å². The predicted octanol–water partition coefficient (Wildman–Crippen LogP) is 4.31. The fourth-order valence-electron chi connectivity index (χ4n) is 1.61. The molecule has 19 heavy (non-hydrogen) atoms. The number of anilines is 1. The van der Waals surface area contributed by atoms with Gasteiger partial charge in [-0.25, -0.2) is 4.39 Å². The number of carbonyl (C=O) groups is 1. The van der Waals surface area contributed by atoms with Crippen molar-refractivity contribution in [2.75, 3.05) is 5.32 Å². The molecule has 2 aromatic carbocycles. The van der Waals surface area contributed by atoms with Crippen LogP contribution in [0.2, 0.25) is 10.0 Å². The van der Waals surface area contributed by atoms with Crippen molar-refractivity contribution in [1.29, 1.82) is 0 Å². The van der Waals surface area contributed by atoms with Crippen molar-refractivity contribution in [2.45, 2.75) is 6.42 Å². The first-order valence-electron chi connectivity index (χ1n) is 5.55. The Bertz CT molecular complexity index is 616. The molecule has 0 spiro atoms. The number of halogens is 3. The Labute approximate surface area is 120 Å². The quantitative estimate of drug-likeness (QED) is 0.898. The summed E-state index contributed by atoms with van der Waals surface area (Å²) < 4.78 is 13.4. The average Bonchev–Trinajstić information content (AvgIpc) is 2.38. The minimum atomic E-state index is -0.408. The number of benzene rings is 2. The number of hydrogen-bond acceptors (Lipinski definition) is 1. The Morgan fingerprint density at radius 2 is 1.84 bits per heavy atom. The molecule has 2 nitrogen and oxygen atoms in total. The van der Waals surface area contributed by atoms with Gasteiger partial charge >= 0.3 is 0 Å². The van der Waals surface area contributed by atoms with Crippen LogP contribution in [0.1, 0.15) is 5.56 Å². The molecule has 0 radical (unpaired) electrons. The molecule has 0 bridgehead atoms. The normalized spacial score (nSPS) is 10.3. The maximum Gasteiger partial charge on any atom is 0.228 e. The second kappa shape index (κ2) is 6.04. The van der Waals surface area contributed by atoms with Crippen molar-refractivity contribution in [1.82, 2.24) is 0 Å². The molecular weight excluding hydrogens is 288 g/mol. The van der Waals surface area contributed by atoms with Crippen molar-refractivity contribution in [3.8, 4) is 0 Å². The number of carbonyl (C=O) groups excluding carboxylic acids is 1. The molecule has 1 N–H and O–H groups in total. The Morgan fingerprint density at radius 1 is 1.11 bits per heavy atom. The van der Waals surface area contributed by atoms with E-state index in [0.717, 1.165) is 0 Å². The molecule has 0 aromatic heterocycles. The molecule has 0 unspecified atom stereocenters. The Balaban J connectivity index is 2.10. The summed E-state index contributed by atoms with van der Waals surface area (Å²) in [5.41, 5.74) is 0.744.